The van der Waals surface area contributed by atoms with Crippen LogP contribution in [0.2, 0.25) is 0 Å². The average Bonchev–Trinajstić information content (AvgIpc) is 2.96. The molecule has 120 valence electrons. The second-order valence-corrected chi connectivity index (χ2v) is 6.08. The Morgan fingerprint density at radius 3 is 2.48 bits per heavy atom. The molecule has 0 unspecified atom stereocenters. The van der Waals surface area contributed by atoms with Crippen LogP contribution in [0.15, 0.2) is 48.5 Å². The van der Waals surface area contributed by atoms with E-state index in [1.165, 1.54) is 32.1 Å². The van der Waals surface area contributed by atoms with Gasteiger partial charge in [0, 0.05) is 12.1 Å². The number of fused-ring (bicyclic) bond motifs is 1. The molecule has 3 heteroatoms. The molecular formula is C20H25N3. The molecule has 3 nitrogen and oxygen atoms in total. The third-order valence-electron chi connectivity index (χ3n) is 4.33. The van der Waals surface area contributed by atoms with E-state index in [-0.39, 0.29) is 0 Å². The zero-order valence-electron chi connectivity index (χ0n) is 13.8. The highest BCUT2D eigenvalue weighted by atomic mass is 15.1. The molecule has 3 aromatic rings. The summed E-state index contributed by atoms with van der Waals surface area (Å²) >= 11 is 0. The molecule has 23 heavy (non-hydrogen) atoms. The van der Waals surface area contributed by atoms with Crippen molar-refractivity contribution < 1.29 is 0 Å². The maximum absolute atomic E-state index is 6.14. The minimum absolute atomic E-state index is 0.754. The van der Waals surface area contributed by atoms with Crippen LogP contribution in [0.4, 0.5) is 5.69 Å². The smallest absolute Gasteiger partial charge is 0.141 e. The van der Waals surface area contributed by atoms with Crippen molar-refractivity contribution in [3.63, 3.8) is 0 Å². The van der Waals surface area contributed by atoms with Crippen LogP contribution in [0.5, 0.6) is 0 Å². The number of nitrogens with zero attached hydrogens (tertiary/aromatic N) is 2. The predicted molar refractivity (Wildman–Crippen MR) is 98.3 cm³/mol. The molecule has 0 amide bonds. The first-order valence-corrected chi connectivity index (χ1v) is 8.61. The van der Waals surface area contributed by atoms with Crippen LogP contribution in [0.1, 0.15) is 39.0 Å². The molecule has 0 aliphatic rings. The monoisotopic (exact) mass is 307 g/mol. The van der Waals surface area contributed by atoms with E-state index < -0.39 is 0 Å². The Kier molecular flexibility index (Phi) is 4.96. The Labute approximate surface area is 138 Å². The highest BCUT2D eigenvalue weighted by molar-refractivity contribution is 5.90. The second-order valence-electron chi connectivity index (χ2n) is 6.08. The fourth-order valence-corrected chi connectivity index (χ4v) is 3.08. The van der Waals surface area contributed by atoms with Crippen molar-refractivity contribution in [3.8, 4) is 11.4 Å². The fourth-order valence-electron chi connectivity index (χ4n) is 3.08. The van der Waals surface area contributed by atoms with Gasteiger partial charge in [-0.1, -0.05) is 69.0 Å². The number of benzene rings is 2. The Morgan fingerprint density at radius 2 is 1.70 bits per heavy atom. The summed E-state index contributed by atoms with van der Waals surface area (Å²) in [7, 11) is 0. The predicted octanol–water partition coefficient (Wildman–Crippen LogP) is 5.26. The first kappa shape index (κ1) is 15.6. The van der Waals surface area contributed by atoms with Gasteiger partial charge in [-0.2, -0.15) is 0 Å². The Balaban J connectivity index is 1.94. The average molecular weight is 307 g/mol. The highest BCUT2D eigenvalue weighted by Gasteiger charge is 2.13. The van der Waals surface area contributed by atoms with Crippen molar-refractivity contribution in [3.05, 3.63) is 48.5 Å². The molecule has 1 heterocycles. The van der Waals surface area contributed by atoms with Crippen LogP contribution in [0.3, 0.4) is 0 Å². The first-order chi connectivity index (χ1) is 11.3. The van der Waals surface area contributed by atoms with Crippen molar-refractivity contribution >= 4 is 16.7 Å². The van der Waals surface area contributed by atoms with Crippen LogP contribution >= 0.6 is 0 Å². The molecule has 0 fully saturated rings. The van der Waals surface area contributed by atoms with Gasteiger partial charge in [0.05, 0.1) is 11.2 Å². The van der Waals surface area contributed by atoms with Crippen molar-refractivity contribution in [2.45, 2.75) is 45.6 Å². The van der Waals surface area contributed by atoms with Gasteiger partial charge >= 0.3 is 0 Å². The van der Waals surface area contributed by atoms with E-state index in [0.717, 1.165) is 34.7 Å². The molecule has 0 radical (unpaired) electrons. The molecular weight excluding hydrogens is 282 g/mol. The molecule has 0 aliphatic heterocycles. The summed E-state index contributed by atoms with van der Waals surface area (Å²) in [5.41, 5.74) is 10.1. The van der Waals surface area contributed by atoms with Gasteiger partial charge in [0.1, 0.15) is 11.3 Å². The molecule has 0 aliphatic carbocycles. The van der Waals surface area contributed by atoms with E-state index >= 15 is 0 Å². The number of aryl methyl sites for hydroxylation is 1. The number of anilines is 1. The number of imidazole rings is 1. The second kappa shape index (κ2) is 7.32. The maximum atomic E-state index is 6.14. The molecule has 0 spiro atoms. The minimum atomic E-state index is 0.754. The number of para-hydroxylation sites is 1. The molecule has 0 saturated heterocycles. The van der Waals surface area contributed by atoms with E-state index in [0.29, 0.717) is 0 Å². The Morgan fingerprint density at radius 1 is 0.913 bits per heavy atom. The van der Waals surface area contributed by atoms with Crippen molar-refractivity contribution in [2.24, 2.45) is 0 Å². The lowest BCUT2D eigenvalue weighted by molar-refractivity contribution is 0.578. The number of rotatable bonds is 7. The zero-order valence-corrected chi connectivity index (χ0v) is 13.8. The van der Waals surface area contributed by atoms with Crippen molar-refractivity contribution in [2.75, 3.05) is 5.73 Å². The number of unbranched alkanes of at least 4 members (excludes halogenated alkanes) is 4. The largest absolute Gasteiger partial charge is 0.397 e. The van der Waals surface area contributed by atoms with Crippen LogP contribution in [0, 0.1) is 0 Å². The van der Waals surface area contributed by atoms with E-state index in [1.54, 1.807) is 0 Å². The molecule has 0 bridgehead atoms. The van der Waals surface area contributed by atoms with E-state index in [4.69, 9.17) is 10.7 Å². The van der Waals surface area contributed by atoms with E-state index in [2.05, 4.69) is 41.8 Å². The van der Waals surface area contributed by atoms with Gasteiger partial charge in [0.2, 0.25) is 0 Å². The number of nitrogen functional groups attached to an aromatic ring is 1. The highest BCUT2D eigenvalue weighted by Crippen LogP contribution is 2.28. The third-order valence-corrected chi connectivity index (χ3v) is 4.33. The van der Waals surface area contributed by atoms with Gasteiger partial charge in [-0.05, 0) is 18.6 Å². The van der Waals surface area contributed by atoms with Crippen LogP contribution < -0.4 is 5.73 Å². The number of aromatic nitrogens is 2. The van der Waals surface area contributed by atoms with Gasteiger partial charge in [-0.15, -0.1) is 0 Å². The minimum Gasteiger partial charge on any atom is -0.397 e. The lowest BCUT2D eigenvalue weighted by atomic mass is 10.1. The molecule has 3 rings (SSSR count). The molecule has 2 aromatic carbocycles. The van der Waals surface area contributed by atoms with Gasteiger partial charge in [-0.25, -0.2) is 4.98 Å². The summed E-state index contributed by atoms with van der Waals surface area (Å²) in [6, 6.07) is 16.5. The summed E-state index contributed by atoms with van der Waals surface area (Å²) in [6.45, 7) is 3.24. The van der Waals surface area contributed by atoms with Crippen LogP contribution in [-0.2, 0) is 6.54 Å². The van der Waals surface area contributed by atoms with Gasteiger partial charge in [0.15, 0.2) is 0 Å². The molecule has 0 saturated carbocycles. The SMILES string of the molecule is CCCCCCCn1c(-c2ccccc2)nc2c(N)cccc21. The zero-order chi connectivity index (χ0) is 16.1. The summed E-state index contributed by atoms with van der Waals surface area (Å²) in [4.78, 5) is 4.84. The Bertz CT molecular complexity index is 759. The number of hydrogen-bond donors (Lipinski definition) is 1. The fraction of sp³-hybridized carbons (Fsp3) is 0.350. The lowest BCUT2D eigenvalue weighted by Gasteiger charge is -2.09. The molecule has 0 atom stereocenters. The quantitative estimate of drug-likeness (QED) is 0.478. The van der Waals surface area contributed by atoms with E-state index in [9.17, 15) is 0 Å². The topological polar surface area (TPSA) is 43.8 Å². The van der Waals surface area contributed by atoms with Crippen LogP contribution in [0.25, 0.3) is 22.4 Å². The third kappa shape index (κ3) is 3.39. The normalized spacial score (nSPS) is 11.2. The van der Waals surface area contributed by atoms with Crippen molar-refractivity contribution in [1.29, 1.82) is 0 Å². The van der Waals surface area contributed by atoms with Gasteiger partial charge in [-0.3, -0.25) is 0 Å². The van der Waals surface area contributed by atoms with Crippen LogP contribution in [-0.4, -0.2) is 9.55 Å². The summed E-state index contributed by atoms with van der Waals surface area (Å²) in [5.74, 6) is 1.02. The summed E-state index contributed by atoms with van der Waals surface area (Å²) in [5, 5.41) is 0. The molecule has 2 N–H and O–H groups in total. The molecule has 1 aromatic heterocycles. The lowest BCUT2D eigenvalue weighted by Crippen LogP contribution is -2.01. The summed E-state index contributed by atoms with van der Waals surface area (Å²) < 4.78 is 2.33. The van der Waals surface area contributed by atoms with Gasteiger partial charge < -0.3 is 10.3 Å². The van der Waals surface area contributed by atoms with Gasteiger partial charge in [0.25, 0.3) is 0 Å². The number of hydrogen-bond acceptors (Lipinski definition) is 2. The Hall–Kier alpha value is -2.29. The van der Waals surface area contributed by atoms with E-state index in [1.807, 2.05) is 18.2 Å². The number of nitrogens with two attached hydrogens (primary N) is 1. The maximum Gasteiger partial charge on any atom is 0.141 e. The first-order valence-electron chi connectivity index (χ1n) is 8.61. The standard InChI is InChI=1S/C20H25N3/c1-2-3-4-5-9-15-23-18-14-10-13-17(21)19(18)22-20(23)16-11-7-6-8-12-16/h6-8,10-14H,2-5,9,15,21H2,1H3. The summed E-state index contributed by atoms with van der Waals surface area (Å²) in [6.07, 6.45) is 6.36. The van der Waals surface area contributed by atoms with Crippen molar-refractivity contribution in [1.82, 2.24) is 9.55 Å².